The van der Waals surface area contributed by atoms with Crippen LogP contribution in [0.4, 0.5) is 0 Å². The van der Waals surface area contributed by atoms with E-state index >= 15 is 0 Å². The number of carbonyl (C=O) groups excluding carboxylic acids is 1. The van der Waals surface area contributed by atoms with Crippen molar-refractivity contribution in [3.8, 4) is 11.5 Å². The number of ether oxygens (including phenoxy) is 2. The van der Waals surface area contributed by atoms with Crippen molar-refractivity contribution in [2.24, 2.45) is 5.10 Å². The molecule has 0 bridgehead atoms. The van der Waals surface area contributed by atoms with Crippen molar-refractivity contribution in [3.63, 3.8) is 0 Å². The Labute approximate surface area is 234 Å². The Morgan fingerprint density at radius 2 is 1.52 bits per heavy atom. The van der Waals surface area contributed by atoms with E-state index in [-0.39, 0.29) is 11.4 Å². The molecule has 0 unspecified atom stereocenters. The summed E-state index contributed by atoms with van der Waals surface area (Å²) in [5.41, 5.74) is 5.56. The Bertz CT molecular complexity index is 1560. The van der Waals surface area contributed by atoms with Gasteiger partial charge < -0.3 is 9.47 Å². The number of amides is 1. The van der Waals surface area contributed by atoms with Gasteiger partial charge in [0.2, 0.25) is 10.0 Å². The van der Waals surface area contributed by atoms with E-state index in [1.165, 1.54) is 25.5 Å². The average Bonchev–Trinajstić information content (AvgIpc) is 2.97. The molecule has 0 aliphatic rings. The minimum absolute atomic E-state index is 0.0154. The third-order valence-electron chi connectivity index (χ3n) is 6.07. The number of benzene rings is 4. The molecule has 0 aromatic heterocycles. The van der Waals surface area contributed by atoms with E-state index in [2.05, 4.69) is 10.5 Å². The highest BCUT2D eigenvalue weighted by Crippen LogP contribution is 2.25. The summed E-state index contributed by atoms with van der Waals surface area (Å²) in [5.74, 6) is 0.602. The summed E-state index contributed by atoms with van der Waals surface area (Å²) in [5, 5.41) is 4.07. The summed E-state index contributed by atoms with van der Waals surface area (Å²) in [6.45, 7) is 1.74. The summed E-state index contributed by atoms with van der Waals surface area (Å²) in [6, 6.07) is 30.8. The van der Waals surface area contributed by atoms with Gasteiger partial charge in [-0.1, -0.05) is 72.8 Å². The van der Waals surface area contributed by atoms with Crippen LogP contribution in [0.3, 0.4) is 0 Å². The smallest absolute Gasteiger partial charge is 0.255 e. The van der Waals surface area contributed by atoms with Crippen LogP contribution < -0.4 is 14.9 Å². The topological polar surface area (TPSA) is 97.3 Å². The molecule has 40 heavy (non-hydrogen) atoms. The number of rotatable bonds is 12. The summed E-state index contributed by atoms with van der Waals surface area (Å²) >= 11 is 0. The third-order valence-corrected chi connectivity index (χ3v) is 7.86. The molecule has 0 fully saturated rings. The lowest BCUT2D eigenvalue weighted by Crippen LogP contribution is -2.39. The van der Waals surface area contributed by atoms with Crippen molar-refractivity contribution >= 4 is 22.1 Å². The van der Waals surface area contributed by atoms with E-state index in [9.17, 15) is 13.2 Å². The molecule has 0 spiro atoms. The highest BCUT2D eigenvalue weighted by Gasteiger charge is 2.27. The number of hydrogen-bond donors (Lipinski definition) is 1. The lowest BCUT2D eigenvalue weighted by Gasteiger charge is -2.22. The highest BCUT2D eigenvalue weighted by atomic mass is 32.2. The van der Waals surface area contributed by atoms with E-state index in [1.807, 2.05) is 84.9 Å². The van der Waals surface area contributed by atoms with Crippen molar-refractivity contribution < 1.29 is 22.7 Å². The maximum atomic E-state index is 13.6. The molecule has 4 aromatic rings. The first-order valence-corrected chi connectivity index (χ1v) is 14.1. The Kier molecular flexibility index (Phi) is 9.66. The lowest BCUT2D eigenvalue weighted by molar-refractivity contribution is -0.121. The summed E-state index contributed by atoms with van der Waals surface area (Å²) in [6.07, 6.45) is 1.47. The fourth-order valence-corrected chi connectivity index (χ4v) is 5.47. The standard InChI is InChI=1S/C31H31N3O5S/c1-24-19-28(17-18-29(24)38-2)40(36,37)34(21-25-11-5-3-6-12-25)22-31(35)33-32-20-27-15-9-10-16-30(27)39-23-26-13-7-4-8-14-26/h3-20H,21-23H2,1-2H3,(H,33,35)/b32-20+. The van der Waals surface area contributed by atoms with Gasteiger partial charge in [0.1, 0.15) is 18.1 Å². The summed E-state index contributed by atoms with van der Waals surface area (Å²) in [4.78, 5) is 13.0. The van der Waals surface area contributed by atoms with Crippen LogP contribution in [0.25, 0.3) is 0 Å². The normalized spacial score (nSPS) is 11.5. The predicted molar refractivity (Wildman–Crippen MR) is 155 cm³/mol. The van der Waals surface area contributed by atoms with Gasteiger partial charge in [-0.3, -0.25) is 4.79 Å². The van der Waals surface area contributed by atoms with Crippen LogP contribution in [0.1, 0.15) is 22.3 Å². The van der Waals surface area contributed by atoms with Crippen molar-refractivity contribution in [1.29, 1.82) is 0 Å². The van der Waals surface area contributed by atoms with Crippen LogP contribution in [0.5, 0.6) is 11.5 Å². The number of aryl methyl sites for hydroxylation is 1. The van der Waals surface area contributed by atoms with Gasteiger partial charge in [-0.2, -0.15) is 9.41 Å². The molecule has 1 N–H and O–H groups in total. The second-order valence-corrected chi connectivity index (χ2v) is 10.9. The van der Waals surface area contributed by atoms with Crippen molar-refractivity contribution in [3.05, 3.63) is 125 Å². The van der Waals surface area contributed by atoms with Crippen molar-refractivity contribution in [1.82, 2.24) is 9.73 Å². The fourth-order valence-electron chi connectivity index (χ4n) is 4.00. The summed E-state index contributed by atoms with van der Waals surface area (Å²) < 4.78 is 39.5. The Morgan fingerprint density at radius 3 is 2.20 bits per heavy atom. The van der Waals surface area contributed by atoms with E-state index < -0.39 is 22.5 Å². The molecule has 4 rings (SSSR count). The zero-order valence-corrected chi connectivity index (χ0v) is 23.2. The Hall–Kier alpha value is -4.47. The number of sulfonamides is 1. The molecule has 206 valence electrons. The van der Waals surface area contributed by atoms with Gasteiger partial charge >= 0.3 is 0 Å². The number of carbonyl (C=O) groups is 1. The maximum absolute atomic E-state index is 13.6. The van der Waals surface area contributed by atoms with Crippen LogP contribution in [0, 0.1) is 6.92 Å². The minimum atomic E-state index is -4.01. The fraction of sp³-hybridized carbons (Fsp3) is 0.161. The van der Waals surface area contributed by atoms with Crippen LogP contribution in [-0.2, 0) is 28.0 Å². The molecule has 4 aromatic carbocycles. The van der Waals surface area contributed by atoms with Gasteiger partial charge in [-0.15, -0.1) is 0 Å². The van der Waals surface area contributed by atoms with Crippen LogP contribution in [-0.4, -0.2) is 38.5 Å². The molecule has 0 saturated carbocycles. The first kappa shape index (κ1) is 28.5. The zero-order chi connectivity index (χ0) is 28.4. The Morgan fingerprint density at radius 1 is 0.875 bits per heavy atom. The molecule has 1 amide bonds. The molecule has 0 atom stereocenters. The SMILES string of the molecule is COc1ccc(S(=O)(=O)N(CC(=O)N/N=C/c2ccccc2OCc2ccccc2)Cc2ccccc2)cc1C. The number of nitrogens with one attached hydrogen (secondary N) is 1. The first-order chi connectivity index (χ1) is 19.4. The largest absolute Gasteiger partial charge is 0.496 e. The molecule has 0 heterocycles. The van der Waals surface area contributed by atoms with E-state index in [4.69, 9.17) is 9.47 Å². The quantitative estimate of drug-likeness (QED) is 0.197. The lowest BCUT2D eigenvalue weighted by atomic mass is 10.2. The van der Waals surface area contributed by atoms with E-state index in [0.717, 1.165) is 15.4 Å². The molecule has 0 radical (unpaired) electrons. The van der Waals surface area contributed by atoms with Crippen molar-refractivity contribution in [2.75, 3.05) is 13.7 Å². The number of nitrogens with zero attached hydrogens (tertiary/aromatic N) is 2. The number of methoxy groups -OCH3 is 1. The number of para-hydroxylation sites is 1. The monoisotopic (exact) mass is 557 g/mol. The number of hydrazone groups is 1. The van der Waals surface area contributed by atoms with Gasteiger partial charge in [0.25, 0.3) is 5.91 Å². The third kappa shape index (κ3) is 7.56. The molecule has 0 aliphatic carbocycles. The second-order valence-electron chi connectivity index (χ2n) is 9.00. The van der Waals surface area contributed by atoms with Crippen LogP contribution >= 0.6 is 0 Å². The average molecular weight is 558 g/mol. The van der Waals surface area contributed by atoms with Gasteiger partial charge in [0, 0.05) is 12.1 Å². The second kappa shape index (κ2) is 13.5. The van der Waals surface area contributed by atoms with Crippen LogP contribution in [0.2, 0.25) is 0 Å². The minimum Gasteiger partial charge on any atom is -0.496 e. The molecule has 0 aliphatic heterocycles. The van der Waals surface area contributed by atoms with Gasteiger partial charge in [0.05, 0.1) is 24.8 Å². The van der Waals surface area contributed by atoms with Gasteiger partial charge in [-0.25, -0.2) is 13.8 Å². The molecule has 9 heteroatoms. The molecule has 0 saturated heterocycles. The molecular formula is C31H31N3O5S. The van der Waals surface area contributed by atoms with Crippen LogP contribution in [0.15, 0.2) is 113 Å². The van der Waals surface area contributed by atoms with Gasteiger partial charge in [-0.05, 0) is 53.9 Å². The molecular weight excluding hydrogens is 526 g/mol. The Balaban J connectivity index is 1.47. The zero-order valence-electron chi connectivity index (χ0n) is 22.4. The summed E-state index contributed by atoms with van der Waals surface area (Å²) in [7, 11) is -2.49. The van der Waals surface area contributed by atoms with E-state index in [0.29, 0.717) is 29.2 Å². The number of hydrogen-bond acceptors (Lipinski definition) is 6. The van der Waals surface area contributed by atoms with Gasteiger partial charge in [0.15, 0.2) is 0 Å². The predicted octanol–water partition coefficient (Wildman–Crippen LogP) is 4.92. The van der Waals surface area contributed by atoms with E-state index in [1.54, 1.807) is 13.0 Å². The molecule has 8 nitrogen and oxygen atoms in total. The first-order valence-electron chi connectivity index (χ1n) is 12.6. The highest BCUT2D eigenvalue weighted by molar-refractivity contribution is 7.89. The van der Waals surface area contributed by atoms with Crippen molar-refractivity contribution in [2.45, 2.75) is 25.0 Å². The maximum Gasteiger partial charge on any atom is 0.255 e.